The summed E-state index contributed by atoms with van der Waals surface area (Å²) >= 11 is 0. The molecule has 0 fully saturated rings. The van der Waals surface area contributed by atoms with Gasteiger partial charge in [0, 0.05) is 0 Å². The predicted octanol–water partition coefficient (Wildman–Crippen LogP) is 2.69. The van der Waals surface area contributed by atoms with E-state index in [0.29, 0.717) is 25.3 Å². The van der Waals surface area contributed by atoms with E-state index in [1.165, 1.54) is 5.56 Å². The van der Waals surface area contributed by atoms with Crippen molar-refractivity contribution in [3.05, 3.63) is 35.4 Å². The summed E-state index contributed by atoms with van der Waals surface area (Å²) in [6, 6.07) is 7.12. The zero-order chi connectivity index (χ0) is 18.1. The lowest BCUT2D eigenvalue weighted by atomic mass is 9.96. The Labute approximate surface area is 144 Å². The summed E-state index contributed by atoms with van der Waals surface area (Å²) in [5.41, 5.74) is 7.56. The van der Waals surface area contributed by atoms with E-state index >= 15 is 0 Å². The second-order valence-electron chi connectivity index (χ2n) is 6.75. The van der Waals surface area contributed by atoms with E-state index in [-0.39, 0.29) is 11.8 Å². The van der Waals surface area contributed by atoms with E-state index in [2.05, 4.69) is 19.2 Å². The van der Waals surface area contributed by atoms with Gasteiger partial charge in [-0.05, 0) is 56.2 Å². The third-order valence-electron chi connectivity index (χ3n) is 4.08. The number of nitrogens with one attached hydrogen (secondary N) is 1. The summed E-state index contributed by atoms with van der Waals surface area (Å²) in [7, 11) is 0. The molecule has 0 bridgehead atoms. The van der Waals surface area contributed by atoms with Gasteiger partial charge < -0.3 is 16.2 Å². The lowest BCUT2D eigenvalue weighted by molar-refractivity contribution is -0.142. The predicted molar refractivity (Wildman–Crippen MR) is 95.9 cm³/mol. The lowest BCUT2D eigenvalue weighted by Crippen LogP contribution is -2.42. The third kappa shape index (κ3) is 6.71. The van der Waals surface area contributed by atoms with Gasteiger partial charge in [-0.2, -0.15) is 0 Å². The summed E-state index contributed by atoms with van der Waals surface area (Å²) in [6.45, 7) is 6.66. The standard InChI is InChI=1S/C19H30N2O3/c1-13(2)12-15-7-9-16(10-8-15)14(3)18(22)21-17(19(23)24)6-4-5-11-20/h7-10,13-14,17H,4-6,11-12,20H2,1-3H3,(H,21,22)(H,23,24)/t14-,17+/m0/s1. The van der Waals surface area contributed by atoms with Gasteiger partial charge in [0.15, 0.2) is 0 Å². The number of carbonyl (C=O) groups excluding carboxylic acids is 1. The van der Waals surface area contributed by atoms with Crippen molar-refractivity contribution in [2.75, 3.05) is 6.54 Å². The zero-order valence-electron chi connectivity index (χ0n) is 14.9. The fourth-order valence-corrected chi connectivity index (χ4v) is 2.61. The smallest absolute Gasteiger partial charge is 0.326 e. The van der Waals surface area contributed by atoms with Gasteiger partial charge >= 0.3 is 5.97 Å². The van der Waals surface area contributed by atoms with Crippen LogP contribution in [0.15, 0.2) is 24.3 Å². The first kappa shape index (κ1) is 20.2. The van der Waals surface area contributed by atoms with Crippen LogP contribution in [0, 0.1) is 5.92 Å². The summed E-state index contributed by atoms with van der Waals surface area (Å²) in [5, 5.41) is 11.9. The van der Waals surface area contributed by atoms with Crippen molar-refractivity contribution >= 4 is 11.9 Å². The zero-order valence-corrected chi connectivity index (χ0v) is 14.9. The molecular weight excluding hydrogens is 304 g/mol. The van der Waals surface area contributed by atoms with Gasteiger partial charge in [0.05, 0.1) is 5.92 Å². The van der Waals surface area contributed by atoms with Gasteiger partial charge in [0.25, 0.3) is 0 Å². The fraction of sp³-hybridized carbons (Fsp3) is 0.579. The topological polar surface area (TPSA) is 92.4 Å². The number of nitrogens with two attached hydrogens (primary N) is 1. The van der Waals surface area contributed by atoms with Crippen molar-refractivity contribution < 1.29 is 14.7 Å². The van der Waals surface area contributed by atoms with Gasteiger partial charge in [-0.25, -0.2) is 4.79 Å². The molecule has 1 aromatic carbocycles. The molecule has 0 aliphatic heterocycles. The van der Waals surface area contributed by atoms with Crippen LogP contribution in [-0.2, 0) is 16.0 Å². The van der Waals surface area contributed by atoms with Crippen molar-refractivity contribution in [1.82, 2.24) is 5.32 Å². The van der Waals surface area contributed by atoms with Gasteiger partial charge in [0.2, 0.25) is 5.91 Å². The Balaban J connectivity index is 2.66. The molecule has 0 saturated heterocycles. The fourth-order valence-electron chi connectivity index (χ4n) is 2.61. The number of hydrogen-bond donors (Lipinski definition) is 3. The third-order valence-corrected chi connectivity index (χ3v) is 4.08. The number of rotatable bonds is 10. The first-order valence-electron chi connectivity index (χ1n) is 8.67. The molecule has 1 amide bonds. The Morgan fingerprint density at radius 3 is 2.25 bits per heavy atom. The first-order chi connectivity index (χ1) is 11.3. The minimum absolute atomic E-state index is 0.258. The molecule has 5 nitrogen and oxygen atoms in total. The highest BCUT2D eigenvalue weighted by Crippen LogP contribution is 2.18. The molecule has 2 atom stereocenters. The van der Waals surface area contributed by atoms with Crippen molar-refractivity contribution in [3.63, 3.8) is 0 Å². The molecule has 0 saturated carbocycles. The highest BCUT2D eigenvalue weighted by atomic mass is 16.4. The van der Waals surface area contributed by atoms with E-state index in [9.17, 15) is 14.7 Å². The minimum atomic E-state index is -1.00. The van der Waals surface area contributed by atoms with Crippen LogP contribution in [0.3, 0.4) is 0 Å². The van der Waals surface area contributed by atoms with E-state index in [0.717, 1.165) is 18.4 Å². The van der Waals surface area contributed by atoms with Crippen molar-refractivity contribution in [2.45, 2.75) is 58.4 Å². The Bertz CT molecular complexity index is 526. The monoisotopic (exact) mass is 334 g/mol. The first-order valence-corrected chi connectivity index (χ1v) is 8.67. The lowest BCUT2D eigenvalue weighted by Gasteiger charge is -2.18. The Hall–Kier alpha value is -1.88. The molecule has 24 heavy (non-hydrogen) atoms. The molecule has 0 aliphatic rings. The normalized spacial score (nSPS) is 13.5. The Morgan fingerprint density at radius 1 is 1.12 bits per heavy atom. The summed E-state index contributed by atoms with van der Waals surface area (Å²) in [4.78, 5) is 23.6. The molecule has 0 aliphatic carbocycles. The molecule has 0 aromatic heterocycles. The van der Waals surface area contributed by atoms with Crippen molar-refractivity contribution in [1.29, 1.82) is 0 Å². The minimum Gasteiger partial charge on any atom is -0.480 e. The molecular formula is C19H30N2O3. The number of carbonyl (C=O) groups is 2. The van der Waals surface area contributed by atoms with E-state index in [4.69, 9.17) is 5.73 Å². The van der Waals surface area contributed by atoms with Gasteiger partial charge in [-0.15, -0.1) is 0 Å². The van der Waals surface area contributed by atoms with Crippen molar-refractivity contribution in [2.24, 2.45) is 11.7 Å². The maximum atomic E-state index is 12.4. The molecule has 4 N–H and O–H groups in total. The average molecular weight is 334 g/mol. The molecule has 134 valence electrons. The summed E-state index contributed by atoms with van der Waals surface area (Å²) < 4.78 is 0. The van der Waals surface area contributed by atoms with Crippen LogP contribution in [0.5, 0.6) is 0 Å². The molecule has 0 radical (unpaired) electrons. The number of benzene rings is 1. The Kier molecular flexibility index (Phi) is 8.47. The van der Waals surface area contributed by atoms with Crippen LogP contribution >= 0.6 is 0 Å². The van der Waals surface area contributed by atoms with Crippen LogP contribution in [-0.4, -0.2) is 29.6 Å². The second kappa shape index (κ2) is 10.1. The highest BCUT2D eigenvalue weighted by molar-refractivity contribution is 5.87. The van der Waals surface area contributed by atoms with Crippen LogP contribution in [0.25, 0.3) is 0 Å². The molecule has 5 heteroatoms. The largest absolute Gasteiger partial charge is 0.480 e. The maximum Gasteiger partial charge on any atom is 0.326 e. The SMILES string of the molecule is CC(C)Cc1ccc([C@H](C)C(=O)N[C@H](CCCCN)C(=O)O)cc1. The number of amides is 1. The molecule has 1 aromatic rings. The molecule has 0 heterocycles. The van der Waals surface area contributed by atoms with Crippen LogP contribution in [0.1, 0.15) is 57.1 Å². The number of aliphatic carboxylic acids is 1. The highest BCUT2D eigenvalue weighted by Gasteiger charge is 2.23. The second-order valence-corrected chi connectivity index (χ2v) is 6.75. The average Bonchev–Trinajstić information content (AvgIpc) is 2.53. The van der Waals surface area contributed by atoms with Gasteiger partial charge in [0.1, 0.15) is 6.04 Å². The number of carboxylic acid groups (broad SMARTS) is 1. The van der Waals surface area contributed by atoms with Crippen molar-refractivity contribution in [3.8, 4) is 0 Å². The number of carboxylic acids is 1. The van der Waals surface area contributed by atoms with Crippen LogP contribution < -0.4 is 11.1 Å². The molecule has 1 rings (SSSR count). The molecule has 0 unspecified atom stereocenters. The van der Waals surface area contributed by atoms with E-state index < -0.39 is 12.0 Å². The van der Waals surface area contributed by atoms with Crippen LogP contribution in [0.2, 0.25) is 0 Å². The van der Waals surface area contributed by atoms with E-state index in [1.54, 1.807) is 6.92 Å². The summed E-state index contributed by atoms with van der Waals surface area (Å²) in [6.07, 6.45) is 2.85. The van der Waals surface area contributed by atoms with Crippen LogP contribution in [0.4, 0.5) is 0 Å². The van der Waals surface area contributed by atoms with E-state index in [1.807, 2.05) is 24.3 Å². The maximum absolute atomic E-state index is 12.4. The number of unbranched alkanes of at least 4 members (excludes halogenated alkanes) is 1. The van der Waals surface area contributed by atoms with Gasteiger partial charge in [-0.1, -0.05) is 38.1 Å². The molecule has 0 spiro atoms. The van der Waals surface area contributed by atoms with Gasteiger partial charge in [-0.3, -0.25) is 4.79 Å². The summed E-state index contributed by atoms with van der Waals surface area (Å²) in [5.74, 6) is -1.05. The Morgan fingerprint density at radius 2 is 1.75 bits per heavy atom. The number of hydrogen-bond acceptors (Lipinski definition) is 3. The quantitative estimate of drug-likeness (QED) is 0.574.